The third-order valence-corrected chi connectivity index (χ3v) is 5.57. The summed E-state index contributed by atoms with van der Waals surface area (Å²) < 4.78 is 55.4. The van der Waals surface area contributed by atoms with E-state index in [2.05, 4.69) is 20.1 Å². The molecule has 3 N–H and O–H groups in total. The zero-order chi connectivity index (χ0) is 26.7. The third-order valence-electron chi connectivity index (χ3n) is 5.57. The van der Waals surface area contributed by atoms with Crippen LogP contribution < -0.4 is 25.4 Å². The molecule has 2 aromatic carbocycles. The number of halogens is 3. The van der Waals surface area contributed by atoms with Crippen LogP contribution in [0.4, 0.5) is 30.2 Å². The second-order valence-electron chi connectivity index (χ2n) is 8.10. The minimum absolute atomic E-state index is 0.111. The number of hydrogen-bond donors (Lipinski definition) is 2. The Balaban J connectivity index is 1.72. The number of amides is 1. The van der Waals surface area contributed by atoms with Gasteiger partial charge in [-0.1, -0.05) is 6.07 Å². The molecule has 0 atom stereocenters. The molecule has 0 unspecified atom stereocenters. The molecule has 3 aromatic rings. The fourth-order valence-electron chi connectivity index (χ4n) is 3.81. The molecule has 0 saturated carbocycles. The number of aromatic nitrogens is 2. The number of nitrogens with zero attached hydrogens (tertiary/aromatic N) is 3. The van der Waals surface area contributed by atoms with Crippen molar-refractivity contribution in [1.82, 2.24) is 9.78 Å². The van der Waals surface area contributed by atoms with Gasteiger partial charge in [-0.3, -0.25) is 4.79 Å². The van der Waals surface area contributed by atoms with Crippen molar-refractivity contribution in [3.05, 3.63) is 53.9 Å². The maximum absolute atomic E-state index is 13.5. The number of alkyl halides is 3. The molecule has 0 spiro atoms. The van der Waals surface area contributed by atoms with Crippen LogP contribution in [0, 0.1) is 6.92 Å². The molecule has 1 saturated heterocycles. The lowest BCUT2D eigenvalue weighted by molar-refractivity contribution is -0.189. The fourth-order valence-corrected chi connectivity index (χ4v) is 3.81. The van der Waals surface area contributed by atoms with Crippen LogP contribution in [-0.4, -0.2) is 61.2 Å². The number of benzene rings is 2. The van der Waals surface area contributed by atoms with Gasteiger partial charge in [0, 0.05) is 30.5 Å². The monoisotopic (exact) mass is 519 g/mol. The van der Waals surface area contributed by atoms with E-state index in [9.17, 15) is 22.8 Å². The summed E-state index contributed by atoms with van der Waals surface area (Å²) in [7, 11) is 1.42. The van der Waals surface area contributed by atoms with E-state index in [1.165, 1.54) is 20.1 Å². The summed E-state index contributed by atoms with van der Waals surface area (Å²) in [6.07, 6.45) is -5.28. The summed E-state index contributed by atoms with van der Waals surface area (Å²) in [5, 5.41) is 6.77. The van der Waals surface area contributed by atoms with Crippen LogP contribution in [0.1, 0.15) is 16.2 Å². The van der Waals surface area contributed by atoms with Crippen LogP contribution in [0.3, 0.4) is 0 Å². The SMILES string of the molecule is COc1cc(N2CCOCC2)ccc1NC(=O)c1c(OC(=O)C(F)(F)F)c(C)nn1-c1cccc(N)c1. The molecule has 0 bridgehead atoms. The first kappa shape index (κ1) is 25.8. The van der Waals surface area contributed by atoms with Crippen LogP contribution >= 0.6 is 0 Å². The van der Waals surface area contributed by atoms with Crippen LogP contribution in [0.5, 0.6) is 11.5 Å². The van der Waals surface area contributed by atoms with Gasteiger partial charge < -0.3 is 30.2 Å². The van der Waals surface area contributed by atoms with E-state index in [1.807, 2.05) is 0 Å². The largest absolute Gasteiger partial charge is 0.494 e. The molecule has 4 rings (SSSR count). The van der Waals surface area contributed by atoms with Crippen LogP contribution in [0.15, 0.2) is 42.5 Å². The van der Waals surface area contributed by atoms with Gasteiger partial charge in [-0.2, -0.15) is 18.3 Å². The van der Waals surface area contributed by atoms with E-state index in [4.69, 9.17) is 15.2 Å². The summed E-state index contributed by atoms with van der Waals surface area (Å²) in [6.45, 7) is 3.83. The quantitative estimate of drug-likeness (QED) is 0.376. The minimum atomic E-state index is -5.28. The van der Waals surface area contributed by atoms with Crippen molar-refractivity contribution >= 4 is 28.9 Å². The van der Waals surface area contributed by atoms with E-state index in [-0.39, 0.29) is 17.1 Å². The lowest BCUT2D eigenvalue weighted by atomic mass is 10.2. The third kappa shape index (κ3) is 5.61. The summed E-state index contributed by atoms with van der Waals surface area (Å²) in [6, 6.07) is 11.3. The molecule has 2 heterocycles. The van der Waals surface area contributed by atoms with Crippen molar-refractivity contribution in [2.45, 2.75) is 13.1 Å². The van der Waals surface area contributed by atoms with Gasteiger partial charge in [0.25, 0.3) is 5.91 Å². The van der Waals surface area contributed by atoms with Crippen molar-refractivity contribution in [3.8, 4) is 17.2 Å². The van der Waals surface area contributed by atoms with E-state index in [1.54, 1.807) is 36.4 Å². The van der Waals surface area contributed by atoms with Crippen molar-refractivity contribution in [2.75, 3.05) is 49.4 Å². The average molecular weight is 519 g/mol. The van der Waals surface area contributed by atoms with Gasteiger partial charge in [-0.05, 0) is 37.3 Å². The maximum atomic E-state index is 13.5. The Morgan fingerprint density at radius 3 is 2.49 bits per heavy atom. The number of carbonyl (C=O) groups is 2. The number of morpholine rings is 1. The number of methoxy groups -OCH3 is 1. The second-order valence-corrected chi connectivity index (χ2v) is 8.10. The number of esters is 1. The van der Waals surface area contributed by atoms with Gasteiger partial charge in [0.15, 0.2) is 11.4 Å². The molecule has 0 radical (unpaired) electrons. The first-order chi connectivity index (χ1) is 17.6. The van der Waals surface area contributed by atoms with Crippen LogP contribution in [0.2, 0.25) is 0 Å². The molecule has 37 heavy (non-hydrogen) atoms. The molecule has 1 aliphatic heterocycles. The minimum Gasteiger partial charge on any atom is -0.494 e. The highest BCUT2D eigenvalue weighted by atomic mass is 19.4. The number of nitrogen functional groups attached to an aromatic ring is 1. The highest BCUT2D eigenvalue weighted by molar-refractivity contribution is 6.07. The molecule has 1 amide bonds. The highest BCUT2D eigenvalue weighted by Crippen LogP contribution is 2.33. The van der Waals surface area contributed by atoms with E-state index in [0.717, 1.165) is 10.4 Å². The van der Waals surface area contributed by atoms with Gasteiger partial charge >= 0.3 is 12.1 Å². The van der Waals surface area contributed by atoms with Gasteiger partial charge in [-0.25, -0.2) is 9.48 Å². The molecule has 0 aliphatic carbocycles. The topological polar surface area (TPSA) is 121 Å². The zero-order valence-electron chi connectivity index (χ0n) is 20.0. The van der Waals surface area contributed by atoms with Crippen molar-refractivity contribution < 1.29 is 37.0 Å². The lowest BCUT2D eigenvalue weighted by Gasteiger charge is -2.29. The summed E-state index contributed by atoms with van der Waals surface area (Å²) in [5.74, 6) is -3.68. The Bertz CT molecular complexity index is 1320. The number of anilines is 3. The van der Waals surface area contributed by atoms with E-state index < -0.39 is 29.5 Å². The number of carbonyl (C=O) groups excluding carboxylic acids is 2. The molecule has 10 nitrogen and oxygen atoms in total. The number of ether oxygens (including phenoxy) is 3. The van der Waals surface area contributed by atoms with Gasteiger partial charge in [0.2, 0.25) is 0 Å². The molecule has 13 heteroatoms. The molecule has 1 fully saturated rings. The normalized spacial score (nSPS) is 13.8. The van der Waals surface area contributed by atoms with E-state index >= 15 is 0 Å². The predicted molar refractivity (Wildman–Crippen MR) is 128 cm³/mol. The first-order valence-electron chi connectivity index (χ1n) is 11.1. The smallest absolute Gasteiger partial charge is 0.491 e. The van der Waals surface area contributed by atoms with Crippen LogP contribution in [-0.2, 0) is 9.53 Å². The Morgan fingerprint density at radius 2 is 1.84 bits per heavy atom. The van der Waals surface area contributed by atoms with Crippen molar-refractivity contribution in [2.24, 2.45) is 0 Å². The summed E-state index contributed by atoms with van der Waals surface area (Å²) in [5.41, 5.74) is 6.99. The van der Waals surface area contributed by atoms with Gasteiger partial charge in [-0.15, -0.1) is 0 Å². The van der Waals surface area contributed by atoms with Crippen molar-refractivity contribution in [1.29, 1.82) is 0 Å². The number of nitrogens with two attached hydrogens (primary N) is 1. The van der Waals surface area contributed by atoms with Crippen molar-refractivity contribution in [3.63, 3.8) is 0 Å². The van der Waals surface area contributed by atoms with E-state index in [0.29, 0.717) is 37.7 Å². The molecule has 1 aliphatic rings. The van der Waals surface area contributed by atoms with Gasteiger partial charge in [0.05, 0.1) is 31.7 Å². The molecule has 196 valence electrons. The number of rotatable bonds is 6. The summed E-state index contributed by atoms with van der Waals surface area (Å²) in [4.78, 5) is 27.2. The Labute approximate surface area is 209 Å². The summed E-state index contributed by atoms with van der Waals surface area (Å²) >= 11 is 0. The molecular weight excluding hydrogens is 495 g/mol. The molecular formula is C24H24F3N5O5. The standard InChI is InChI=1S/C24H24F3N5O5/c1-14-21(37-23(34)24(25,26)27)20(32(30-14)17-5-3-4-15(28)12-17)22(33)29-18-7-6-16(13-19(18)35-2)31-8-10-36-11-9-31/h3-7,12-13H,8-11,28H2,1-2H3,(H,29,33). The molecule has 1 aromatic heterocycles. The van der Waals surface area contributed by atoms with Crippen LogP contribution in [0.25, 0.3) is 5.69 Å². The fraction of sp³-hybridized carbons (Fsp3) is 0.292. The predicted octanol–water partition coefficient (Wildman–Crippen LogP) is 3.33. The zero-order valence-corrected chi connectivity index (χ0v) is 20.0. The Morgan fingerprint density at radius 1 is 1.11 bits per heavy atom. The van der Waals surface area contributed by atoms with Gasteiger partial charge in [0.1, 0.15) is 11.4 Å². The Hall–Kier alpha value is -4.26. The average Bonchev–Trinajstić information content (AvgIpc) is 3.20. The lowest BCUT2D eigenvalue weighted by Crippen LogP contribution is -2.36. The number of nitrogens with one attached hydrogen (secondary N) is 1. The Kier molecular flexibility index (Phi) is 7.25. The number of aryl methyl sites for hydroxylation is 1. The second kappa shape index (κ2) is 10.4. The number of hydrogen-bond acceptors (Lipinski definition) is 8. The first-order valence-corrected chi connectivity index (χ1v) is 11.1. The highest BCUT2D eigenvalue weighted by Gasteiger charge is 2.43. The maximum Gasteiger partial charge on any atom is 0.491 e.